The number of nitrogens with zero attached hydrogens (tertiary/aromatic N) is 4. The summed E-state index contributed by atoms with van der Waals surface area (Å²) < 4.78 is 33.7. The van der Waals surface area contributed by atoms with E-state index in [0.717, 1.165) is 17.2 Å². The van der Waals surface area contributed by atoms with Crippen LogP contribution in [0.2, 0.25) is 0 Å². The maximum Gasteiger partial charge on any atom is 0.340 e. The van der Waals surface area contributed by atoms with E-state index in [9.17, 15) is 24.2 Å². The van der Waals surface area contributed by atoms with Gasteiger partial charge in [-0.15, -0.1) is 0 Å². The monoisotopic (exact) mass is 517 g/mol. The number of aliphatic hydroxyl groups excluding tert-OH is 2. The summed E-state index contributed by atoms with van der Waals surface area (Å²) in [4.78, 5) is 39.8. The van der Waals surface area contributed by atoms with Crippen LogP contribution >= 0.6 is 15.2 Å². The minimum Gasteiger partial charge on any atom is -0.386 e. The highest BCUT2D eigenvalue weighted by Gasteiger charge is 2.35. The molecule has 0 amide bonds. The molecule has 6 N–H and O–H groups in total. The van der Waals surface area contributed by atoms with Gasteiger partial charge in [0.15, 0.2) is 29.1 Å². The van der Waals surface area contributed by atoms with E-state index < -0.39 is 46.1 Å². The molecule has 14 nitrogen and oxygen atoms in total. The molecule has 0 saturated heterocycles. The highest BCUT2D eigenvalue weighted by Crippen LogP contribution is 2.55. The van der Waals surface area contributed by atoms with Crippen molar-refractivity contribution in [1.29, 1.82) is 0 Å². The Morgan fingerprint density at radius 1 is 1.09 bits per heavy atom. The lowest BCUT2D eigenvalue weighted by molar-refractivity contribution is -0.113. The second kappa shape index (κ2) is 11.0. The molecule has 3 aromatic rings. The number of aromatic nitrogens is 4. The van der Waals surface area contributed by atoms with Crippen LogP contribution in [0.25, 0.3) is 11.2 Å². The molecular weight excluding hydrogens is 492 g/mol. The molecule has 0 saturated carbocycles. The van der Waals surface area contributed by atoms with Crippen LogP contribution in [0, 0.1) is 0 Å². The first-order valence-electron chi connectivity index (χ1n) is 9.86. The topological polar surface area (TPSA) is 209 Å². The van der Waals surface area contributed by atoms with E-state index in [1.807, 2.05) is 30.3 Å². The van der Waals surface area contributed by atoms with E-state index >= 15 is 0 Å². The van der Waals surface area contributed by atoms with Gasteiger partial charge in [-0.2, -0.15) is 0 Å². The molecule has 1 unspecified atom stereocenters. The normalized spacial score (nSPS) is 16.6. The summed E-state index contributed by atoms with van der Waals surface area (Å²) in [5.41, 5.74) is 1.53. The Morgan fingerprint density at radius 3 is 2.44 bits per heavy atom. The first kappa shape index (κ1) is 26.4. The molecule has 0 radical (unpaired) electrons. The molecule has 4 atom stereocenters. The Bertz CT molecular complexity index is 1190. The molecule has 0 aliphatic rings. The van der Waals surface area contributed by atoms with Crippen LogP contribution in [0.5, 0.6) is 0 Å². The summed E-state index contributed by atoms with van der Waals surface area (Å²) in [5, 5.41) is 24.4. The van der Waals surface area contributed by atoms with Gasteiger partial charge in [0.2, 0.25) is 0 Å². The third-order valence-electron chi connectivity index (χ3n) is 4.74. The van der Waals surface area contributed by atoms with Crippen LogP contribution in [0.4, 0.5) is 5.82 Å². The molecule has 0 aliphatic heterocycles. The molecule has 0 fully saturated rings. The molecule has 0 spiro atoms. The standard InChI is InChI=1S/C18H25N5O9P2/c1-31-13(8-32-34(29,30)11-33(26,27)28)15(24)18(25)23-10-22-14-16(20-9-21-17(14)23)19-7-12-5-3-2-4-6-12/h2-6,9-10,13,15,18,24-25H,7-8,11H2,1H3,(H,29,30)(H,19,20,21)(H2,26,27,28)/t13-,15-,18-/m1/s1. The van der Waals surface area contributed by atoms with Gasteiger partial charge in [0.1, 0.15) is 18.5 Å². The smallest absolute Gasteiger partial charge is 0.340 e. The molecule has 3 rings (SSSR count). The molecule has 186 valence electrons. The first-order valence-corrected chi connectivity index (χ1v) is 13.4. The van der Waals surface area contributed by atoms with Gasteiger partial charge in [0, 0.05) is 13.7 Å². The van der Waals surface area contributed by atoms with Gasteiger partial charge in [-0.25, -0.2) is 15.0 Å². The van der Waals surface area contributed by atoms with E-state index in [2.05, 4.69) is 20.3 Å². The van der Waals surface area contributed by atoms with Crippen molar-refractivity contribution in [2.24, 2.45) is 0 Å². The number of hydrogen-bond acceptors (Lipinski definition) is 10. The van der Waals surface area contributed by atoms with Crippen LogP contribution in [-0.4, -0.2) is 76.2 Å². The Hall–Kier alpha value is -2.25. The highest BCUT2D eigenvalue weighted by atomic mass is 31.2. The number of methoxy groups -OCH3 is 1. The van der Waals surface area contributed by atoms with E-state index in [1.165, 1.54) is 12.7 Å². The molecule has 0 bridgehead atoms. The fourth-order valence-corrected chi connectivity index (χ4v) is 5.65. The van der Waals surface area contributed by atoms with Crippen molar-refractivity contribution in [2.75, 3.05) is 24.9 Å². The quantitative estimate of drug-likeness (QED) is 0.182. The molecule has 1 aromatic carbocycles. The van der Waals surface area contributed by atoms with E-state index in [4.69, 9.17) is 19.0 Å². The van der Waals surface area contributed by atoms with Gasteiger partial charge in [0.25, 0.3) is 0 Å². The lowest BCUT2D eigenvalue weighted by Gasteiger charge is -2.27. The Labute approximate surface area is 193 Å². The minimum atomic E-state index is -4.82. The Balaban J connectivity index is 1.73. The lowest BCUT2D eigenvalue weighted by atomic mass is 10.2. The number of imidazole rings is 1. The number of nitrogens with one attached hydrogen (secondary N) is 1. The van der Waals surface area contributed by atoms with Crippen molar-refractivity contribution in [1.82, 2.24) is 19.5 Å². The van der Waals surface area contributed by atoms with Gasteiger partial charge in [-0.1, -0.05) is 30.3 Å². The SMILES string of the molecule is CO[C@H](COP(=O)(O)CP(=O)(O)O)[C@@H](O)[C@@H](O)n1cnc2c(NCc3ccccc3)ncnc21. The van der Waals surface area contributed by atoms with Gasteiger partial charge >= 0.3 is 15.2 Å². The average molecular weight is 517 g/mol. The van der Waals surface area contributed by atoms with Gasteiger partial charge < -0.3 is 39.5 Å². The molecule has 2 aromatic heterocycles. The molecule has 2 heterocycles. The van der Waals surface area contributed by atoms with Crippen molar-refractivity contribution < 1.29 is 43.3 Å². The van der Waals surface area contributed by atoms with Gasteiger partial charge in [0.05, 0.1) is 12.9 Å². The van der Waals surface area contributed by atoms with Crippen molar-refractivity contribution >= 4 is 32.2 Å². The van der Waals surface area contributed by atoms with Crippen LogP contribution in [0.3, 0.4) is 0 Å². The maximum absolute atomic E-state index is 11.8. The Morgan fingerprint density at radius 2 is 1.79 bits per heavy atom. The summed E-state index contributed by atoms with van der Waals surface area (Å²) in [6.07, 6.45) is -2.18. The number of fused-ring (bicyclic) bond motifs is 1. The molecular formula is C18H25N5O9P2. The Kier molecular flexibility index (Phi) is 8.52. The number of hydrogen-bond donors (Lipinski definition) is 6. The molecule has 34 heavy (non-hydrogen) atoms. The summed E-state index contributed by atoms with van der Waals surface area (Å²) in [6, 6.07) is 9.56. The first-order chi connectivity index (χ1) is 16.0. The minimum absolute atomic E-state index is 0.196. The van der Waals surface area contributed by atoms with E-state index in [1.54, 1.807) is 0 Å². The number of ether oxygens (including phenoxy) is 1. The van der Waals surface area contributed by atoms with Crippen molar-refractivity contribution in [3.8, 4) is 0 Å². The van der Waals surface area contributed by atoms with Gasteiger partial charge in [-0.05, 0) is 5.56 Å². The maximum atomic E-state index is 11.8. The van der Waals surface area contributed by atoms with Crippen LogP contribution in [-0.2, 0) is 24.9 Å². The fourth-order valence-electron chi connectivity index (χ4n) is 3.08. The number of benzene rings is 1. The number of rotatable bonds is 12. The van der Waals surface area contributed by atoms with Crippen LogP contribution in [0.1, 0.15) is 11.8 Å². The summed E-state index contributed by atoms with van der Waals surface area (Å²) in [7, 11) is -8.33. The van der Waals surface area contributed by atoms with Crippen LogP contribution in [0.15, 0.2) is 43.0 Å². The predicted octanol–water partition coefficient (Wildman–Crippen LogP) is 0.642. The summed E-state index contributed by atoms with van der Waals surface area (Å²) in [5.74, 6) is -0.990. The lowest BCUT2D eigenvalue weighted by Crippen LogP contribution is -2.39. The second-order valence-electron chi connectivity index (χ2n) is 7.30. The fraction of sp³-hybridized carbons (Fsp3) is 0.389. The zero-order chi connectivity index (χ0) is 24.9. The summed E-state index contributed by atoms with van der Waals surface area (Å²) >= 11 is 0. The zero-order valence-electron chi connectivity index (χ0n) is 17.9. The third-order valence-corrected chi connectivity index (χ3v) is 8.20. The third kappa shape index (κ3) is 6.89. The van der Waals surface area contributed by atoms with E-state index in [-0.39, 0.29) is 5.65 Å². The second-order valence-corrected chi connectivity index (χ2v) is 11.3. The molecule has 16 heteroatoms. The highest BCUT2D eigenvalue weighted by molar-refractivity contribution is 7.70. The average Bonchev–Trinajstić information content (AvgIpc) is 3.21. The van der Waals surface area contributed by atoms with Crippen molar-refractivity contribution in [3.05, 3.63) is 48.5 Å². The zero-order valence-corrected chi connectivity index (χ0v) is 19.7. The van der Waals surface area contributed by atoms with Crippen molar-refractivity contribution in [2.45, 2.75) is 25.0 Å². The van der Waals surface area contributed by atoms with Gasteiger partial charge in [-0.3, -0.25) is 13.7 Å². The predicted molar refractivity (Wildman–Crippen MR) is 120 cm³/mol. The van der Waals surface area contributed by atoms with Crippen LogP contribution < -0.4 is 5.32 Å². The number of anilines is 1. The largest absolute Gasteiger partial charge is 0.386 e. The van der Waals surface area contributed by atoms with E-state index in [0.29, 0.717) is 17.9 Å². The van der Waals surface area contributed by atoms with Crippen molar-refractivity contribution in [3.63, 3.8) is 0 Å². The summed E-state index contributed by atoms with van der Waals surface area (Å²) in [6.45, 7) is -0.266. The number of aliphatic hydroxyl groups is 2. The molecule has 0 aliphatic carbocycles.